The minimum atomic E-state index is -0.870. The third kappa shape index (κ3) is 3.64. The molecule has 0 spiro atoms. The van der Waals surface area contributed by atoms with Crippen LogP contribution in [0.2, 0.25) is 5.02 Å². The molecule has 0 aromatic heterocycles. The highest BCUT2D eigenvalue weighted by atomic mass is 79.9. The van der Waals surface area contributed by atoms with Crippen molar-refractivity contribution in [1.29, 1.82) is 0 Å². The van der Waals surface area contributed by atoms with Crippen molar-refractivity contribution in [3.05, 3.63) is 68.9 Å². The lowest BCUT2D eigenvalue weighted by Crippen LogP contribution is -2.37. The molecule has 0 bridgehead atoms. The van der Waals surface area contributed by atoms with Gasteiger partial charge in [0.1, 0.15) is 5.82 Å². The van der Waals surface area contributed by atoms with Crippen LogP contribution in [0.1, 0.15) is 11.1 Å². The molecule has 0 atom stereocenters. The Morgan fingerprint density at radius 1 is 1.10 bits per heavy atom. The number of benzene rings is 2. The zero-order valence-corrected chi connectivity index (χ0v) is 13.5. The smallest absolute Gasteiger partial charge is 0.124 e. The molecular weight excluding hydrogens is 359 g/mol. The van der Waals surface area contributed by atoms with E-state index in [0.29, 0.717) is 15.9 Å². The molecule has 2 aromatic rings. The van der Waals surface area contributed by atoms with Gasteiger partial charge in [0, 0.05) is 14.9 Å². The number of hydrogen-bond donors (Lipinski definition) is 2. The van der Waals surface area contributed by atoms with Gasteiger partial charge < -0.3 is 10.2 Å². The summed E-state index contributed by atoms with van der Waals surface area (Å²) in [4.78, 5) is 0. The van der Waals surface area contributed by atoms with E-state index in [1.165, 1.54) is 12.1 Å². The number of hydrogen-bond acceptors (Lipinski definition) is 2. The summed E-state index contributed by atoms with van der Waals surface area (Å²) in [5, 5.41) is 20.2. The zero-order chi connectivity index (χ0) is 15.5. The van der Waals surface area contributed by atoms with Gasteiger partial charge in [-0.15, -0.1) is 0 Å². The molecule has 2 N–H and O–H groups in total. The lowest BCUT2D eigenvalue weighted by atomic mass is 9.77. The largest absolute Gasteiger partial charge is 0.395 e. The molecule has 112 valence electrons. The van der Waals surface area contributed by atoms with Crippen molar-refractivity contribution in [2.24, 2.45) is 0 Å². The van der Waals surface area contributed by atoms with Gasteiger partial charge in [-0.1, -0.05) is 45.7 Å². The molecule has 0 aliphatic carbocycles. The first-order valence-corrected chi connectivity index (χ1v) is 7.59. The third-order valence-corrected chi connectivity index (χ3v) is 4.56. The van der Waals surface area contributed by atoms with Gasteiger partial charge >= 0.3 is 0 Å². The number of aliphatic hydroxyl groups excluding tert-OH is 2. The topological polar surface area (TPSA) is 40.5 Å². The second-order valence-electron chi connectivity index (χ2n) is 5.02. The Bertz CT molecular complexity index is 629. The van der Waals surface area contributed by atoms with E-state index in [9.17, 15) is 14.6 Å². The predicted molar refractivity (Wildman–Crippen MR) is 85.1 cm³/mol. The molecule has 2 aromatic carbocycles. The summed E-state index contributed by atoms with van der Waals surface area (Å²) in [6.07, 6.45) is 0.362. The maximum absolute atomic E-state index is 13.2. The first-order valence-electron chi connectivity index (χ1n) is 6.42. The second-order valence-corrected chi connectivity index (χ2v) is 6.31. The number of halogens is 3. The second kappa shape index (κ2) is 6.88. The summed E-state index contributed by atoms with van der Waals surface area (Å²) in [5.41, 5.74) is 0.682. The molecule has 0 radical (unpaired) electrons. The highest BCUT2D eigenvalue weighted by Gasteiger charge is 2.32. The quantitative estimate of drug-likeness (QED) is 0.839. The summed E-state index contributed by atoms with van der Waals surface area (Å²) >= 11 is 9.31. The molecule has 0 aliphatic heterocycles. The SMILES string of the molecule is OCC(CO)(Cc1ccc(F)cc1Br)c1cccc(Cl)c1. The summed E-state index contributed by atoms with van der Waals surface area (Å²) < 4.78 is 13.8. The molecule has 5 heteroatoms. The van der Waals surface area contributed by atoms with Gasteiger partial charge in [-0.3, -0.25) is 0 Å². The van der Waals surface area contributed by atoms with Crippen LogP contribution in [0.3, 0.4) is 0 Å². The molecule has 2 rings (SSSR count). The van der Waals surface area contributed by atoms with Crippen LogP contribution in [0.25, 0.3) is 0 Å². The van der Waals surface area contributed by atoms with E-state index in [1.54, 1.807) is 24.3 Å². The van der Waals surface area contributed by atoms with Gasteiger partial charge in [-0.25, -0.2) is 4.39 Å². The first-order chi connectivity index (χ1) is 10.0. The van der Waals surface area contributed by atoms with Gasteiger partial charge in [0.2, 0.25) is 0 Å². The number of rotatable bonds is 5. The van der Waals surface area contributed by atoms with Crippen LogP contribution >= 0.6 is 27.5 Å². The van der Waals surface area contributed by atoms with E-state index in [-0.39, 0.29) is 19.0 Å². The molecule has 21 heavy (non-hydrogen) atoms. The Hall–Kier alpha value is -0.940. The van der Waals surface area contributed by atoms with E-state index >= 15 is 0 Å². The summed E-state index contributed by atoms with van der Waals surface area (Å²) in [6.45, 7) is -0.485. The minimum Gasteiger partial charge on any atom is -0.395 e. The van der Waals surface area contributed by atoms with Crippen LogP contribution in [-0.4, -0.2) is 23.4 Å². The Morgan fingerprint density at radius 2 is 1.81 bits per heavy atom. The molecule has 0 amide bonds. The van der Waals surface area contributed by atoms with E-state index in [2.05, 4.69) is 15.9 Å². The van der Waals surface area contributed by atoms with Crippen LogP contribution < -0.4 is 0 Å². The first kappa shape index (κ1) is 16.4. The monoisotopic (exact) mass is 372 g/mol. The maximum Gasteiger partial charge on any atom is 0.124 e. The fraction of sp³-hybridized carbons (Fsp3) is 0.250. The molecule has 0 unspecified atom stereocenters. The van der Waals surface area contributed by atoms with Crippen molar-refractivity contribution in [2.45, 2.75) is 11.8 Å². The molecule has 0 saturated carbocycles. The highest BCUT2D eigenvalue weighted by Crippen LogP contribution is 2.32. The fourth-order valence-electron chi connectivity index (χ4n) is 2.29. The Labute approximate surface area is 136 Å². The Morgan fingerprint density at radius 3 is 2.38 bits per heavy atom. The number of aliphatic hydroxyl groups is 2. The third-order valence-electron chi connectivity index (χ3n) is 3.59. The van der Waals surface area contributed by atoms with Crippen LogP contribution in [0.5, 0.6) is 0 Å². The molecule has 2 nitrogen and oxygen atoms in total. The average Bonchev–Trinajstić information content (AvgIpc) is 2.47. The fourth-order valence-corrected chi connectivity index (χ4v) is 2.98. The Balaban J connectivity index is 2.43. The van der Waals surface area contributed by atoms with E-state index in [0.717, 1.165) is 11.1 Å². The van der Waals surface area contributed by atoms with Crippen molar-refractivity contribution in [3.8, 4) is 0 Å². The minimum absolute atomic E-state index is 0.242. The van der Waals surface area contributed by atoms with Gasteiger partial charge in [-0.05, 0) is 41.8 Å². The maximum atomic E-state index is 13.2. The van der Waals surface area contributed by atoms with Gasteiger partial charge in [0.15, 0.2) is 0 Å². The predicted octanol–water partition coefficient (Wildman–Crippen LogP) is 3.71. The van der Waals surface area contributed by atoms with E-state index < -0.39 is 5.41 Å². The normalized spacial score (nSPS) is 11.7. The van der Waals surface area contributed by atoms with Crippen molar-refractivity contribution < 1.29 is 14.6 Å². The van der Waals surface area contributed by atoms with Crippen molar-refractivity contribution >= 4 is 27.5 Å². The molecule has 0 fully saturated rings. The average molecular weight is 374 g/mol. The van der Waals surface area contributed by atoms with Crippen molar-refractivity contribution in [1.82, 2.24) is 0 Å². The summed E-state index contributed by atoms with van der Waals surface area (Å²) in [6, 6.07) is 11.4. The standard InChI is InChI=1S/C16H15BrClFO2/c17-15-7-14(19)5-4-11(15)8-16(9-20,10-21)12-2-1-3-13(18)6-12/h1-7,20-21H,8-10H2. The van der Waals surface area contributed by atoms with E-state index in [1.807, 2.05) is 6.07 Å². The van der Waals surface area contributed by atoms with Crippen LogP contribution in [0.15, 0.2) is 46.9 Å². The van der Waals surface area contributed by atoms with Crippen LogP contribution in [0.4, 0.5) is 4.39 Å². The van der Waals surface area contributed by atoms with Gasteiger partial charge in [-0.2, -0.15) is 0 Å². The van der Waals surface area contributed by atoms with E-state index in [4.69, 9.17) is 11.6 Å². The molecule has 0 aliphatic rings. The van der Waals surface area contributed by atoms with Crippen LogP contribution in [0, 0.1) is 5.82 Å². The van der Waals surface area contributed by atoms with Gasteiger partial charge in [0.25, 0.3) is 0 Å². The lowest BCUT2D eigenvalue weighted by molar-refractivity contribution is 0.116. The molecular formula is C16H15BrClFO2. The summed E-state index contributed by atoms with van der Waals surface area (Å²) in [5.74, 6) is -0.341. The van der Waals surface area contributed by atoms with Crippen LogP contribution in [-0.2, 0) is 11.8 Å². The molecule has 0 heterocycles. The zero-order valence-electron chi connectivity index (χ0n) is 11.2. The lowest BCUT2D eigenvalue weighted by Gasteiger charge is -2.31. The molecule has 0 saturated heterocycles. The Kier molecular flexibility index (Phi) is 5.38. The van der Waals surface area contributed by atoms with Crippen molar-refractivity contribution in [3.63, 3.8) is 0 Å². The van der Waals surface area contributed by atoms with Crippen molar-refractivity contribution in [2.75, 3.05) is 13.2 Å². The highest BCUT2D eigenvalue weighted by molar-refractivity contribution is 9.10. The summed E-state index contributed by atoms with van der Waals surface area (Å²) in [7, 11) is 0. The van der Waals surface area contributed by atoms with Gasteiger partial charge in [0.05, 0.1) is 13.2 Å².